The minimum atomic E-state index is -0.417. The van der Waals surface area contributed by atoms with Crippen LogP contribution in [0.15, 0.2) is 22.7 Å². The summed E-state index contributed by atoms with van der Waals surface area (Å²) in [6, 6.07) is 4.60. The summed E-state index contributed by atoms with van der Waals surface area (Å²) in [5, 5.41) is 15.1. The van der Waals surface area contributed by atoms with Crippen LogP contribution >= 0.6 is 0 Å². The summed E-state index contributed by atoms with van der Waals surface area (Å²) in [5.74, 6) is 1.20. The minimum absolute atomic E-state index is 0.00975. The highest BCUT2D eigenvalue weighted by molar-refractivity contribution is 5.75. The van der Waals surface area contributed by atoms with E-state index in [4.69, 9.17) is 14.0 Å². The number of nitrogens with zero attached hydrogens (tertiary/aromatic N) is 3. The van der Waals surface area contributed by atoms with Crippen molar-refractivity contribution in [2.24, 2.45) is 0 Å². The van der Waals surface area contributed by atoms with E-state index in [1.165, 1.54) is 12.1 Å². The molecule has 1 saturated heterocycles. The molecule has 0 unspecified atom stereocenters. The quantitative estimate of drug-likeness (QED) is 0.586. The molecule has 25 heavy (non-hydrogen) atoms. The van der Waals surface area contributed by atoms with Gasteiger partial charge in [0.05, 0.1) is 29.4 Å². The van der Waals surface area contributed by atoms with Gasteiger partial charge in [-0.15, -0.1) is 0 Å². The highest BCUT2D eigenvalue weighted by atomic mass is 16.6. The van der Waals surface area contributed by atoms with Crippen molar-refractivity contribution in [2.45, 2.75) is 13.8 Å². The first-order valence-electron chi connectivity index (χ1n) is 8.21. The second-order valence-electron chi connectivity index (χ2n) is 5.94. The average molecular weight is 347 g/mol. The Kier molecular flexibility index (Phi) is 5.30. The van der Waals surface area contributed by atoms with Crippen molar-refractivity contribution in [1.82, 2.24) is 10.1 Å². The summed E-state index contributed by atoms with van der Waals surface area (Å²) in [7, 11) is 0. The summed E-state index contributed by atoms with van der Waals surface area (Å²) in [6.07, 6.45) is 0. The van der Waals surface area contributed by atoms with Gasteiger partial charge in [0, 0.05) is 37.3 Å². The summed E-state index contributed by atoms with van der Waals surface area (Å²) in [5.41, 5.74) is 2.06. The van der Waals surface area contributed by atoms with Crippen LogP contribution in [0.25, 0.3) is 11.1 Å². The van der Waals surface area contributed by atoms with Gasteiger partial charge in [0.15, 0.2) is 0 Å². The van der Waals surface area contributed by atoms with Crippen LogP contribution in [-0.2, 0) is 4.74 Å². The molecule has 8 nitrogen and oxygen atoms in total. The van der Waals surface area contributed by atoms with Crippen LogP contribution in [0.3, 0.4) is 0 Å². The maximum atomic E-state index is 11.1. The molecule has 0 bridgehead atoms. The van der Waals surface area contributed by atoms with Crippen LogP contribution in [0.5, 0.6) is 5.75 Å². The molecule has 0 saturated carbocycles. The number of benzene rings is 1. The Hall–Kier alpha value is -2.45. The van der Waals surface area contributed by atoms with Gasteiger partial charge in [0.1, 0.15) is 18.1 Å². The molecule has 134 valence electrons. The highest BCUT2D eigenvalue weighted by Crippen LogP contribution is 2.37. The van der Waals surface area contributed by atoms with Gasteiger partial charge in [-0.2, -0.15) is 0 Å². The van der Waals surface area contributed by atoms with Crippen LogP contribution in [0.4, 0.5) is 5.69 Å². The van der Waals surface area contributed by atoms with Crippen LogP contribution in [0.1, 0.15) is 11.5 Å². The molecule has 1 fully saturated rings. The van der Waals surface area contributed by atoms with Gasteiger partial charge in [0.2, 0.25) is 0 Å². The molecular weight excluding hydrogens is 326 g/mol. The molecular formula is C17H21N3O5. The Bertz CT molecular complexity index is 733. The molecule has 2 aromatic rings. The number of non-ortho nitro benzene ring substituents is 1. The number of hydrogen-bond donors (Lipinski definition) is 0. The molecule has 0 aliphatic carbocycles. The van der Waals surface area contributed by atoms with Gasteiger partial charge in [-0.25, -0.2) is 0 Å². The van der Waals surface area contributed by atoms with E-state index in [9.17, 15) is 10.1 Å². The molecule has 0 radical (unpaired) electrons. The molecule has 2 heterocycles. The lowest BCUT2D eigenvalue weighted by Crippen LogP contribution is -2.38. The number of nitro groups is 1. The summed E-state index contributed by atoms with van der Waals surface area (Å²) < 4.78 is 16.5. The number of nitro benzene ring substituents is 1. The Balaban J connectivity index is 1.81. The summed E-state index contributed by atoms with van der Waals surface area (Å²) >= 11 is 0. The van der Waals surface area contributed by atoms with E-state index in [2.05, 4.69) is 10.1 Å². The third kappa shape index (κ3) is 3.97. The van der Waals surface area contributed by atoms with E-state index >= 15 is 0 Å². The van der Waals surface area contributed by atoms with E-state index in [0.29, 0.717) is 29.4 Å². The topological polar surface area (TPSA) is 90.9 Å². The van der Waals surface area contributed by atoms with Gasteiger partial charge in [-0.05, 0) is 19.9 Å². The molecule has 3 rings (SSSR count). The largest absolute Gasteiger partial charge is 0.492 e. The van der Waals surface area contributed by atoms with Crippen molar-refractivity contribution in [1.29, 1.82) is 0 Å². The number of rotatable bonds is 6. The molecule has 1 aromatic heterocycles. The standard InChI is InChI=1S/C17H21N3O5/c1-12-17(13(2)25-18-12)15-11-14(20(21)22)3-4-16(15)24-10-7-19-5-8-23-9-6-19/h3-4,11H,5-10H2,1-2H3. The second-order valence-corrected chi connectivity index (χ2v) is 5.94. The molecule has 0 N–H and O–H groups in total. The number of hydrogen-bond acceptors (Lipinski definition) is 7. The molecule has 8 heteroatoms. The van der Waals surface area contributed by atoms with Gasteiger partial charge in [0.25, 0.3) is 5.69 Å². The Morgan fingerprint density at radius 2 is 2.08 bits per heavy atom. The van der Waals surface area contributed by atoms with Gasteiger partial charge in [-0.3, -0.25) is 15.0 Å². The van der Waals surface area contributed by atoms with E-state index in [0.717, 1.165) is 38.4 Å². The Morgan fingerprint density at radius 1 is 1.32 bits per heavy atom. The van der Waals surface area contributed by atoms with Crippen LogP contribution in [0.2, 0.25) is 0 Å². The lowest BCUT2D eigenvalue weighted by Gasteiger charge is -2.26. The van der Waals surface area contributed by atoms with E-state index in [-0.39, 0.29) is 5.69 Å². The predicted octanol–water partition coefficient (Wildman–Crippen LogP) is 2.58. The van der Waals surface area contributed by atoms with Crippen molar-refractivity contribution in [2.75, 3.05) is 39.5 Å². The van der Waals surface area contributed by atoms with Crippen molar-refractivity contribution in [3.05, 3.63) is 39.8 Å². The lowest BCUT2D eigenvalue weighted by atomic mass is 10.0. The normalized spacial score (nSPS) is 15.3. The fourth-order valence-corrected chi connectivity index (χ4v) is 2.93. The molecule has 1 aromatic carbocycles. The minimum Gasteiger partial charge on any atom is -0.492 e. The third-order valence-electron chi connectivity index (χ3n) is 4.25. The van der Waals surface area contributed by atoms with Crippen LogP contribution in [0, 0.1) is 24.0 Å². The predicted molar refractivity (Wildman–Crippen MR) is 90.8 cm³/mol. The maximum Gasteiger partial charge on any atom is 0.270 e. The second kappa shape index (κ2) is 7.62. The highest BCUT2D eigenvalue weighted by Gasteiger charge is 2.20. The zero-order valence-electron chi connectivity index (χ0n) is 14.4. The number of morpholine rings is 1. The van der Waals surface area contributed by atoms with E-state index < -0.39 is 4.92 Å². The van der Waals surface area contributed by atoms with Crippen molar-refractivity contribution < 1.29 is 18.9 Å². The van der Waals surface area contributed by atoms with E-state index in [1.54, 1.807) is 13.0 Å². The first-order valence-corrected chi connectivity index (χ1v) is 8.21. The van der Waals surface area contributed by atoms with Crippen molar-refractivity contribution >= 4 is 5.69 Å². The first-order chi connectivity index (χ1) is 12.1. The molecule has 1 aliphatic heterocycles. The molecule has 0 amide bonds. The van der Waals surface area contributed by atoms with Gasteiger partial charge in [-0.1, -0.05) is 5.16 Å². The Labute approximate surface area is 145 Å². The van der Waals surface area contributed by atoms with Crippen LogP contribution in [-0.4, -0.2) is 54.4 Å². The maximum absolute atomic E-state index is 11.1. The fourth-order valence-electron chi connectivity index (χ4n) is 2.93. The smallest absolute Gasteiger partial charge is 0.270 e. The number of aromatic nitrogens is 1. The fraction of sp³-hybridized carbons (Fsp3) is 0.471. The number of ether oxygens (including phenoxy) is 2. The lowest BCUT2D eigenvalue weighted by molar-refractivity contribution is -0.384. The zero-order valence-corrected chi connectivity index (χ0v) is 14.4. The summed E-state index contributed by atoms with van der Waals surface area (Å²) in [6.45, 7) is 8.12. The first kappa shape index (κ1) is 17.4. The van der Waals surface area contributed by atoms with Gasteiger partial charge >= 0.3 is 0 Å². The molecule has 0 atom stereocenters. The van der Waals surface area contributed by atoms with Crippen LogP contribution < -0.4 is 4.74 Å². The molecule has 0 spiro atoms. The zero-order chi connectivity index (χ0) is 17.8. The molecule has 1 aliphatic rings. The Morgan fingerprint density at radius 3 is 2.72 bits per heavy atom. The van der Waals surface area contributed by atoms with Gasteiger partial charge < -0.3 is 14.0 Å². The third-order valence-corrected chi connectivity index (χ3v) is 4.25. The monoisotopic (exact) mass is 347 g/mol. The summed E-state index contributed by atoms with van der Waals surface area (Å²) in [4.78, 5) is 13.0. The average Bonchev–Trinajstić information content (AvgIpc) is 2.94. The van der Waals surface area contributed by atoms with Crippen molar-refractivity contribution in [3.63, 3.8) is 0 Å². The SMILES string of the molecule is Cc1noc(C)c1-c1cc([N+](=O)[O-])ccc1OCCN1CCOCC1. The number of aryl methyl sites for hydroxylation is 2. The van der Waals surface area contributed by atoms with E-state index in [1.807, 2.05) is 6.92 Å². The van der Waals surface area contributed by atoms with Crippen molar-refractivity contribution in [3.8, 4) is 16.9 Å².